The molecule has 3 heteroatoms. The Morgan fingerprint density at radius 2 is 2.36 bits per heavy atom. The van der Waals surface area contributed by atoms with Crippen molar-refractivity contribution < 1.29 is 4.74 Å². The van der Waals surface area contributed by atoms with Gasteiger partial charge in [0.25, 0.3) is 0 Å². The van der Waals surface area contributed by atoms with Crippen molar-refractivity contribution in [3.05, 3.63) is 0 Å². The van der Waals surface area contributed by atoms with Crippen LogP contribution in [0.5, 0.6) is 0 Å². The van der Waals surface area contributed by atoms with Gasteiger partial charge < -0.3 is 9.64 Å². The van der Waals surface area contributed by atoms with Crippen LogP contribution >= 0.6 is 0 Å². The summed E-state index contributed by atoms with van der Waals surface area (Å²) in [5.74, 6) is 1.61. The van der Waals surface area contributed by atoms with Crippen molar-refractivity contribution in [3.63, 3.8) is 0 Å². The molecule has 0 aromatic heterocycles. The molecule has 0 aliphatic carbocycles. The van der Waals surface area contributed by atoms with Gasteiger partial charge in [0.2, 0.25) is 0 Å². The number of ether oxygens (including phenoxy) is 1. The summed E-state index contributed by atoms with van der Waals surface area (Å²) < 4.78 is 5.35. The van der Waals surface area contributed by atoms with Crippen molar-refractivity contribution in [1.29, 1.82) is 5.41 Å². The number of nitrogens with one attached hydrogen (secondary N) is 1. The molecule has 0 radical (unpaired) electrons. The van der Waals surface area contributed by atoms with Gasteiger partial charge in [-0.25, -0.2) is 0 Å². The highest BCUT2D eigenvalue weighted by Crippen LogP contribution is 2.18. The molecule has 1 N–H and O–H groups in total. The number of rotatable bonds is 3. The van der Waals surface area contributed by atoms with E-state index in [0.717, 1.165) is 44.5 Å². The van der Waals surface area contributed by atoms with Crippen LogP contribution in [0.2, 0.25) is 0 Å². The third-order valence-electron chi connectivity index (χ3n) is 3.30. The lowest BCUT2D eigenvalue weighted by Gasteiger charge is -2.30. The monoisotopic (exact) mass is 196 g/mol. The smallest absolute Gasteiger partial charge is 0.0957 e. The van der Waals surface area contributed by atoms with E-state index in [1.807, 2.05) is 0 Å². The summed E-state index contributed by atoms with van der Waals surface area (Å²) in [5, 5.41) is 7.81. The van der Waals surface area contributed by atoms with Gasteiger partial charge in [0, 0.05) is 32.7 Å². The molecular weight excluding hydrogens is 176 g/mol. The van der Waals surface area contributed by atoms with Crippen molar-refractivity contribution in [3.8, 4) is 0 Å². The number of nitrogens with zero attached hydrogens (tertiary/aromatic N) is 1. The lowest BCUT2D eigenvalue weighted by molar-refractivity contribution is 0.181. The van der Waals surface area contributed by atoms with E-state index in [-0.39, 0.29) is 0 Å². The molecule has 2 fully saturated rings. The minimum atomic E-state index is 0.754. The lowest BCUT2D eigenvalue weighted by Crippen LogP contribution is -2.36. The topological polar surface area (TPSA) is 36.3 Å². The molecule has 14 heavy (non-hydrogen) atoms. The van der Waals surface area contributed by atoms with Crippen LogP contribution in [0.25, 0.3) is 0 Å². The molecule has 1 atom stereocenters. The van der Waals surface area contributed by atoms with Crippen LogP contribution in [0.15, 0.2) is 0 Å². The van der Waals surface area contributed by atoms with Crippen LogP contribution in [0.1, 0.15) is 32.1 Å². The molecule has 2 aliphatic heterocycles. The Hall–Kier alpha value is -0.570. The van der Waals surface area contributed by atoms with E-state index in [0.29, 0.717) is 0 Å². The number of amidine groups is 1. The molecule has 2 rings (SSSR count). The van der Waals surface area contributed by atoms with Crippen molar-refractivity contribution in [2.45, 2.75) is 32.1 Å². The molecule has 0 aromatic rings. The zero-order valence-corrected chi connectivity index (χ0v) is 8.80. The van der Waals surface area contributed by atoms with Crippen LogP contribution in [0.4, 0.5) is 0 Å². The highest BCUT2D eigenvalue weighted by molar-refractivity contribution is 5.79. The fourth-order valence-corrected chi connectivity index (χ4v) is 2.28. The Labute approximate surface area is 85.9 Å². The maximum Gasteiger partial charge on any atom is 0.0957 e. The van der Waals surface area contributed by atoms with Crippen molar-refractivity contribution in [2.75, 3.05) is 26.3 Å². The second kappa shape index (κ2) is 4.78. The molecular formula is C11H20N2O. The van der Waals surface area contributed by atoms with Gasteiger partial charge in [0.05, 0.1) is 5.84 Å². The first-order chi connectivity index (χ1) is 6.86. The van der Waals surface area contributed by atoms with Gasteiger partial charge in [-0.1, -0.05) is 0 Å². The minimum Gasteiger partial charge on any atom is -0.381 e. The Morgan fingerprint density at radius 1 is 1.43 bits per heavy atom. The molecule has 0 spiro atoms. The summed E-state index contributed by atoms with van der Waals surface area (Å²) >= 11 is 0. The molecule has 1 unspecified atom stereocenters. The standard InChI is InChI=1S/C11H20N2O/c12-11-3-1-2-6-13(11)7-4-10-5-8-14-9-10/h10,12H,1-9H2. The van der Waals surface area contributed by atoms with Gasteiger partial charge in [-0.05, 0) is 31.6 Å². The fraction of sp³-hybridized carbons (Fsp3) is 0.909. The van der Waals surface area contributed by atoms with Gasteiger partial charge in [0.15, 0.2) is 0 Å². The summed E-state index contributed by atoms with van der Waals surface area (Å²) in [5.41, 5.74) is 0. The van der Waals surface area contributed by atoms with E-state index in [1.54, 1.807) is 0 Å². The Balaban J connectivity index is 1.70. The quantitative estimate of drug-likeness (QED) is 0.748. The predicted octanol–water partition coefficient (Wildman–Crippen LogP) is 1.88. The molecule has 2 saturated heterocycles. The van der Waals surface area contributed by atoms with Crippen molar-refractivity contribution >= 4 is 5.84 Å². The van der Waals surface area contributed by atoms with Gasteiger partial charge in [-0.2, -0.15) is 0 Å². The van der Waals surface area contributed by atoms with Gasteiger partial charge >= 0.3 is 0 Å². The minimum absolute atomic E-state index is 0.754. The van der Waals surface area contributed by atoms with E-state index in [4.69, 9.17) is 10.1 Å². The number of hydrogen-bond acceptors (Lipinski definition) is 2. The summed E-state index contributed by atoms with van der Waals surface area (Å²) in [7, 11) is 0. The van der Waals surface area contributed by atoms with Crippen LogP contribution in [-0.2, 0) is 4.74 Å². The first-order valence-corrected chi connectivity index (χ1v) is 5.76. The van der Waals surface area contributed by atoms with Gasteiger partial charge in [-0.3, -0.25) is 5.41 Å². The van der Waals surface area contributed by atoms with Crippen LogP contribution in [0.3, 0.4) is 0 Å². The highest BCUT2D eigenvalue weighted by atomic mass is 16.5. The zero-order chi connectivity index (χ0) is 9.80. The summed E-state index contributed by atoms with van der Waals surface area (Å²) in [6, 6.07) is 0. The van der Waals surface area contributed by atoms with E-state index < -0.39 is 0 Å². The normalized spacial score (nSPS) is 28.4. The Kier molecular flexibility index (Phi) is 3.40. The molecule has 80 valence electrons. The summed E-state index contributed by atoms with van der Waals surface area (Å²) in [6.07, 6.45) is 5.90. The Morgan fingerprint density at radius 3 is 3.07 bits per heavy atom. The van der Waals surface area contributed by atoms with E-state index in [9.17, 15) is 0 Å². The van der Waals surface area contributed by atoms with Crippen molar-refractivity contribution in [2.24, 2.45) is 5.92 Å². The SMILES string of the molecule is N=C1CCCCN1CCC1CCOC1. The van der Waals surface area contributed by atoms with Gasteiger partial charge in [-0.15, -0.1) is 0 Å². The van der Waals surface area contributed by atoms with Crippen molar-refractivity contribution in [1.82, 2.24) is 4.90 Å². The number of likely N-dealkylation sites (tertiary alicyclic amines) is 1. The molecule has 0 saturated carbocycles. The van der Waals surface area contributed by atoms with E-state index in [1.165, 1.54) is 25.7 Å². The average Bonchev–Trinajstić information content (AvgIpc) is 2.69. The largest absolute Gasteiger partial charge is 0.381 e. The maximum absolute atomic E-state index is 7.81. The molecule has 2 aliphatic rings. The molecule has 3 nitrogen and oxygen atoms in total. The highest BCUT2D eigenvalue weighted by Gasteiger charge is 2.19. The maximum atomic E-state index is 7.81. The second-order valence-electron chi connectivity index (χ2n) is 4.41. The number of piperidine rings is 1. The third-order valence-corrected chi connectivity index (χ3v) is 3.30. The molecule has 0 amide bonds. The first-order valence-electron chi connectivity index (χ1n) is 5.76. The molecule has 0 aromatic carbocycles. The average molecular weight is 196 g/mol. The predicted molar refractivity (Wildman–Crippen MR) is 56.7 cm³/mol. The first kappa shape index (κ1) is 9.97. The number of hydrogen-bond donors (Lipinski definition) is 1. The zero-order valence-electron chi connectivity index (χ0n) is 8.80. The fourth-order valence-electron chi connectivity index (χ4n) is 2.28. The Bertz CT molecular complexity index is 199. The summed E-state index contributed by atoms with van der Waals surface area (Å²) in [6.45, 7) is 4.07. The summed E-state index contributed by atoms with van der Waals surface area (Å²) in [4.78, 5) is 2.25. The second-order valence-corrected chi connectivity index (χ2v) is 4.41. The van der Waals surface area contributed by atoms with E-state index in [2.05, 4.69) is 4.90 Å². The lowest BCUT2D eigenvalue weighted by atomic mass is 10.0. The van der Waals surface area contributed by atoms with Crippen LogP contribution in [0, 0.1) is 11.3 Å². The molecule has 2 heterocycles. The van der Waals surface area contributed by atoms with Gasteiger partial charge in [0.1, 0.15) is 0 Å². The van der Waals surface area contributed by atoms with Crippen LogP contribution < -0.4 is 0 Å². The molecule has 0 bridgehead atoms. The van der Waals surface area contributed by atoms with Crippen LogP contribution in [-0.4, -0.2) is 37.0 Å². The third kappa shape index (κ3) is 2.47. The van der Waals surface area contributed by atoms with E-state index >= 15 is 0 Å².